The molecule has 0 aromatic carbocycles. The number of amides is 1. The van der Waals surface area contributed by atoms with Crippen molar-refractivity contribution in [2.75, 3.05) is 20.1 Å². The van der Waals surface area contributed by atoms with E-state index in [1.54, 1.807) is 11.8 Å². The molecule has 0 spiro atoms. The number of carboxylic acids is 1. The maximum absolute atomic E-state index is 12.5. The first kappa shape index (κ1) is 15.4. The largest absolute Gasteiger partial charge is 0.478 e. The molecule has 1 aliphatic rings. The molecule has 0 aliphatic carbocycles. The van der Waals surface area contributed by atoms with Gasteiger partial charge in [0.2, 0.25) is 0 Å². The van der Waals surface area contributed by atoms with Gasteiger partial charge in [-0.15, -0.1) is 0 Å². The van der Waals surface area contributed by atoms with Gasteiger partial charge in [0.05, 0.1) is 11.3 Å². The van der Waals surface area contributed by atoms with E-state index in [-0.39, 0.29) is 23.6 Å². The van der Waals surface area contributed by atoms with Crippen LogP contribution in [0.3, 0.4) is 0 Å². The molecule has 1 aliphatic heterocycles. The summed E-state index contributed by atoms with van der Waals surface area (Å²) in [6, 6.07) is 3.52. The minimum atomic E-state index is -1.03. The van der Waals surface area contributed by atoms with Gasteiger partial charge < -0.3 is 10.0 Å². The maximum atomic E-state index is 12.5. The molecule has 2 heterocycles. The molecule has 1 aromatic rings. The number of hydrogen-bond acceptors (Lipinski definition) is 4. The highest BCUT2D eigenvalue weighted by molar-refractivity contribution is 5.94. The van der Waals surface area contributed by atoms with Crippen molar-refractivity contribution in [3.05, 3.63) is 29.1 Å². The predicted molar refractivity (Wildman–Crippen MR) is 78.5 cm³/mol. The van der Waals surface area contributed by atoms with E-state index in [2.05, 4.69) is 30.8 Å². The van der Waals surface area contributed by atoms with Crippen LogP contribution in [0, 0.1) is 6.92 Å². The normalized spacial score (nSPS) is 23.1. The van der Waals surface area contributed by atoms with Crippen LogP contribution in [0.2, 0.25) is 0 Å². The van der Waals surface area contributed by atoms with Crippen LogP contribution in [-0.4, -0.2) is 64.0 Å². The van der Waals surface area contributed by atoms with Crippen molar-refractivity contribution in [1.82, 2.24) is 14.8 Å². The van der Waals surface area contributed by atoms with E-state index in [1.165, 1.54) is 12.1 Å². The first-order valence-corrected chi connectivity index (χ1v) is 7.03. The fourth-order valence-corrected chi connectivity index (χ4v) is 2.64. The van der Waals surface area contributed by atoms with Crippen molar-refractivity contribution in [3.63, 3.8) is 0 Å². The highest BCUT2D eigenvalue weighted by Gasteiger charge is 2.30. The van der Waals surface area contributed by atoms with Gasteiger partial charge in [0.15, 0.2) is 0 Å². The number of aryl methyl sites for hydroxylation is 1. The monoisotopic (exact) mass is 291 g/mol. The van der Waals surface area contributed by atoms with Crippen LogP contribution in [0.5, 0.6) is 0 Å². The number of carboxylic acid groups (broad SMARTS) is 1. The van der Waals surface area contributed by atoms with E-state index in [1.807, 2.05) is 0 Å². The van der Waals surface area contributed by atoms with Gasteiger partial charge in [-0.05, 0) is 40.0 Å². The third-order valence-electron chi connectivity index (χ3n) is 4.18. The van der Waals surface area contributed by atoms with E-state index in [9.17, 15) is 9.59 Å². The van der Waals surface area contributed by atoms with Crippen molar-refractivity contribution in [2.24, 2.45) is 0 Å². The molecule has 2 unspecified atom stereocenters. The van der Waals surface area contributed by atoms with Gasteiger partial charge in [-0.3, -0.25) is 9.69 Å². The van der Waals surface area contributed by atoms with Crippen LogP contribution in [-0.2, 0) is 0 Å². The van der Waals surface area contributed by atoms with Crippen LogP contribution >= 0.6 is 0 Å². The summed E-state index contributed by atoms with van der Waals surface area (Å²) in [4.78, 5) is 31.7. The van der Waals surface area contributed by atoms with Gasteiger partial charge in [0.25, 0.3) is 5.91 Å². The van der Waals surface area contributed by atoms with Crippen molar-refractivity contribution in [2.45, 2.75) is 32.9 Å². The number of carbonyl (C=O) groups excluding carboxylic acids is 1. The van der Waals surface area contributed by atoms with Crippen molar-refractivity contribution < 1.29 is 14.7 Å². The van der Waals surface area contributed by atoms with Gasteiger partial charge in [0.1, 0.15) is 5.69 Å². The third-order valence-corrected chi connectivity index (χ3v) is 4.18. The molecular weight excluding hydrogens is 270 g/mol. The smallest absolute Gasteiger partial charge is 0.337 e. The maximum Gasteiger partial charge on any atom is 0.337 e. The van der Waals surface area contributed by atoms with Crippen molar-refractivity contribution in [3.8, 4) is 0 Å². The molecule has 1 aromatic heterocycles. The van der Waals surface area contributed by atoms with E-state index >= 15 is 0 Å². The van der Waals surface area contributed by atoms with Crippen LogP contribution in [0.15, 0.2) is 12.1 Å². The number of aromatic carboxylic acids is 1. The van der Waals surface area contributed by atoms with E-state index in [0.29, 0.717) is 24.5 Å². The Kier molecular flexibility index (Phi) is 4.27. The average molecular weight is 291 g/mol. The molecule has 6 heteroatoms. The number of likely N-dealkylation sites (N-methyl/N-ethyl adjacent to an activating group) is 1. The quantitative estimate of drug-likeness (QED) is 0.888. The molecule has 2 atom stereocenters. The highest BCUT2D eigenvalue weighted by atomic mass is 16.4. The Bertz CT molecular complexity index is 561. The number of piperazine rings is 1. The number of nitrogens with zero attached hydrogens (tertiary/aromatic N) is 3. The Balaban J connectivity index is 2.21. The highest BCUT2D eigenvalue weighted by Crippen LogP contribution is 2.16. The van der Waals surface area contributed by atoms with E-state index in [0.717, 1.165) is 0 Å². The fourth-order valence-electron chi connectivity index (χ4n) is 2.64. The lowest BCUT2D eigenvalue weighted by Crippen LogP contribution is -2.56. The second kappa shape index (κ2) is 5.81. The van der Waals surface area contributed by atoms with Crippen molar-refractivity contribution in [1.29, 1.82) is 0 Å². The zero-order valence-electron chi connectivity index (χ0n) is 12.8. The van der Waals surface area contributed by atoms with Crippen LogP contribution in [0.4, 0.5) is 0 Å². The molecule has 1 N–H and O–H groups in total. The zero-order chi connectivity index (χ0) is 15.7. The molecule has 1 saturated heterocycles. The third kappa shape index (κ3) is 3.05. The first-order chi connectivity index (χ1) is 9.81. The predicted octanol–water partition coefficient (Wildman–Crippen LogP) is 1.25. The van der Waals surface area contributed by atoms with Gasteiger partial charge in [-0.2, -0.15) is 0 Å². The van der Waals surface area contributed by atoms with Gasteiger partial charge in [-0.25, -0.2) is 9.78 Å². The van der Waals surface area contributed by atoms with Crippen LogP contribution < -0.4 is 0 Å². The standard InChI is InChI=1S/C15H21N3O3/c1-9-7-18(8-10(2)17(9)4)14(19)13-6-5-12(15(20)21)11(3)16-13/h5-6,9-10H,7-8H2,1-4H3,(H,20,21). The number of pyridine rings is 1. The summed E-state index contributed by atoms with van der Waals surface area (Å²) in [5, 5.41) is 9.00. The van der Waals surface area contributed by atoms with Gasteiger partial charge >= 0.3 is 5.97 Å². The zero-order valence-corrected chi connectivity index (χ0v) is 12.8. The number of hydrogen-bond donors (Lipinski definition) is 1. The minimum absolute atomic E-state index is 0.131. The Morgan fingerprint density at radius 3 is 2.29 bits per heavy atom. The topological polar surface area (TPSA) is 73.7 Å². The molecule has 0 radical (unpaired) electrons. The number of aromatic nitrogens is 1. The SMILES string of the molecule is Cc1nc(C(=O)N2CC(C)N(C)C(C)C2)ccc1C(=O)O. The van der Waals surface area contributed by atoms with Crippen LogP contribution in [0.25, 0.3) is 0 Å². The lowest BCUT2D eigenvalue weighted by atomic mass is 10.1. The molecule has 0 saturated carbocycles. The van der Waals surface area contributed by atoms with Gasteiger partial charge in [0, 0.05) is 25.2 Å². The summed E-state index contributed by atoms with van der Waals surface area (Å²) in [6.07, 6.45) is 0. The fraction of sp³-hybridized carbons (Fsp3) is 0.533. The molecule has 21 heavy (non-hydrogen) atoms. The Labute approximate surface area is 124 Å². The molecule has 1 amide bonds. The summed E-state index contributed by atoms with van der Waals surface area (Å²) in [5.41, 5.74) is 0.802. The van der Waals surface area contributed by atoms with E-state index in [4.69, 9.17) is 5.11 Å². The minimum Gasteiger partial charge on any atom is -0.478 e. The summed E-state index contributed by atoms with van der Waals surface area (Å²) >= 11 is 0. The molecule has 1 fully saturated rings. The Morgan fingerprint density at radius 1 is 1.24 bits per heavy atom. The second-order valence-corrected chi connectivity index (χ2v) is 5.71. The molecular formula is C15H21N3O3. The van der Waals surface area contributed by atoms with Gasteiger partial charge in [-0.1, -0.05) is 0 Å². The summed E-state index contributed by atoms with van der Waals surface area (Å²) in [7, 11) is 2.06. The molecule has 0 bridgehead atoms. The Morgan fingerprint density at radius 2 is 1.81 bits per heavy atom. The van der Waals surface area contributed by atoms with Crippen molar-refractivity contribution >= 4 is 11.9 Å². The number of carbonyl (C=O) groups is 2. The van der Waals surface area contributed by atoms with E-state index < -0.39 is 5.97 Å². The summed E-state index contributed by atoms with van der Waals surface area (Å²) in [6.45, 7) is 7.09. The summed E-state index contributed by atoms with van der Waals surface area (Å²) < 4.78 is 0. The second-order valence-electron chi connectivity index (χ2n) is 5.71. The molecule has 6 nitrogen and oxygen atoms in total. The lowest BCUT2D eigenvalue weighted by Gasteiger charge is -2.42. The molecule has 114 valence electrons. The summed E-state index contributed by atoms with van der Waals surface area (Å²) in [5.74, 6) is -1.16. The Hall–Kier alpha value is -1.95. The lowest BCUT2D eigenvalue weighted by molar-refractivity contribution is 0.0409. The number of rotatable bonds is 2. The average Bonchev–Trinajstić information content (AvgIpc) is 2.42. The molecule has 2 rings (SSSR count). The first-order valence-electron chi connectivity index (χ1n) is 7.03. The van der Waals surface area contributed by atoms with Crippen LogP contribution in [0.1, 0.15) is 40.4 Å².